The third-order valence-corrected chi connectivity index (χ3v) is 5.77. The summed E-state index contributed by atoms with van der Waals surface area (Å²) < 4.78 is 17.3. The molecule has 142 valence electrons. The molecule has 3 heterocycles. The molecule has 0 amide bonds. The van der Waals surface area contributed by atoms with Gasteiger partial charge in [0, 0.05) is 24.0 Å². The van der Waals surface area contributed by atoms with Gasteiger partial charge in [-0.2, -0.15) is 0 Å². The zero-order valence-electron chi connectivity index (χ0n) is 15.7. The second-order valence-corrected chi connectivity index (χ2v) is 7.62. The molecule has 0 aliphatic carbocycles. The average molecular weight is 362 g/mol. The zero-order chi connectivity index (χ0) is 19.2. The number of aliphatic hydroxyl groups excluding tert-OH is 1. The van der Waals surface area contributed by atoms with E-state index in [1.54, 1.807) is 19.9 Å². The molecule has 6 nitrogen and oxygen atoms in total. The van der Waals surface area contributed by atoms with Crippen molar-refractivity contribution in [3.8, 4) is 0 Å². The van der Waals surface area contributed by atoms with Crippen LogP contribution in [0.2, 0.25) is 0 Å². The molecule has 1 N–H and O–H groups in total. The van der Waals surface area contributed by atoms with Gasteiger partial charge in [-0.25, -0.2) is 9.59 Å². The standard InChI is InChI=1S/C20H26O6/c1-6-10(2)18(22)25-15-9-20(5)16(21)8-13(26-20)11(3)7-14-17(15)12(4)19(23)24-14/h6-7,13-17,21H,4,8-9H2,1-3,5H3/b10-6-,11-7-/t13-,14-,15+,16-,17-,20+/m0/s1. The summed E-state index contributed by atoms with van der Waals surface area (Å²) >= 11 is 0. The highest BCUT2D eigenvalue weighted by molar-refractivity contribution is 5.92. The van der Waals surface area contributed by atoms with E-state index in [0.717, 1.165) is 5.57 Å². The Labute approximate surface area is 153 Å². The van der Waals surface area contributed by atoms with Gasteiger partial charge >= 0.3 is 11.9 Å². The highest BCUT2D eigenvalue weighted by Crippen LogP contribution is 2.44. The Morgan fingerprint density at radius 2 is 2.19 bits per heavy atom. The number of hydrogen-bond acceptors (Lipinski definition) is 6. The number of aliphatic hydroxyl groups is 1. The second-order valence-electron chi connectivity index (χ2n) is 7.62. The Hall–Kier alpha value is -1.92. The van der Waals surface area contributed by atoms with E-state index in [0.29, 0.717) is 12.0 Å². The van der Waals surface area contributed by atoms with E-state index < -0.39 is 41.8 Å². The maximum atomic E-state index is 12.4. The molecule has 26 heavy (non-hydrogen) atoms. The Balaban J connectivity index is 2.02. The molecule has 3 aliphatic rings. The summed E-state index contributed by atoms with van der Waals surface area (Å²) in [5, 5.41) is 10.6. The lowest BCUT2D eigenvalue weighted by Crippen LogP contribution is -2.44. The summed E-state index contributed by atoms with van der Waals surface area (Å²) in [4.78, 5) is 24.5. The number of allylic oxidation sites excluding steroid dienone is 1. The van der Waals surface area contributed by atoms with Crippen LogP contribution in [0.15, 0.2) is 35.5 Å². The fourth-order valence-corrected chi connectivity index (χ4v) is 3.90. The van der Waals surface area contributed by atoms with E-state index in [4.69, 9.17) is 14.2 Å². The predicted octanol–water partition coefficient (Wildman–Crippen LogP) is 2.22. The molecule has 2 saturated heterocycles. The fraction of sp³-hybridized carbons (Fsp3) is 0.600. The molecule has 2 fully saturated rings. The van der Waals surface area contributed by atoms with Gasteiger partial charge in [0.05, 0.1) is 23.7 Å². The highest BCUT2D eigenvalue weighted by atomic mass is 16.6. The van der Waals surface area contributed by atoms with Crippen LogP contribution in [0.1, 0.15) is 40.5 Å². The average Bonchev–Trinajstić information content (AvgIpc) is 3.03. The van der Waals surface area contributed by atoms with Crippen molar-refractivity contribution in [1.82, 2.24) is 0 Å². The van der Waals surface area contributed by atoms with Gasteiger partial charge in [-0.1, -0.05) is 12.7 Å². The molecular weight excluding hydrogens is 336 g/mol. The number of fused-ring (bicyclic) bond motifs is 3. The predicted molar refractivity (Wildman–Crippen MR) is 94.1 cm³/mol. The van der Waals surface area contributed by atoms with E-state index in [-0.39, 0.29) is 18.1 Å². The minimum atomic E-state index is -0.880. The minimum absolute atomic E-state index is 0.255. The fourth-order valence-electron chi connectivity index (χ4n) is 3.90. The van der Waals surface area contributed by atoms with Crippen LogP contribution >= 0.6 is 0 Å². The lowest BCUT2D eigenvalue weighted by Gasteiger charge is -2.34. The first kappa shape index (κ1) is 18.9. The summed E-state index contributed by atoms with van der Waals surface area (Å²) in [6, 6.07) is 0. The topological polar surface area (TPSA) is 82.1 Å². The highest BCUT2D eigenvalue weighted by Gasteiger charge is 2.53. The third-order valence-electron chi connectivity index (χ3n) is 5.77. The number of ether oxygens (including phenoxy) is 3. The van der Waals surface area contributed by atoms with Crippen LogP contribution in [0.3, 0.4) is 0 Å². The van der Waals surface area contributed by atoms with Gasteiger partial charge in [-0.3, -0.25) is 0 Å². The van der Waals surface area contributed by atoms with Crippen molar-refractivity contribution in [2.24, 2.45) is 5.92 Å². The summed E-state index contributed by atoms with van der Waals surface area (Å²) in [6.45, 7) is 11.0. The maximum Gasteiger partial charge on any atom is 0.334 e. The molecule has 6 atom stereocenters. The summed E-state index contributed by atoms with van der Waals surface area (Å²) in [5.41, 5.74) is 0.766. The first-order valence-electron chi connectivity index (χ1n) is 8.94. The van der Waals surface area contributed by atoms with E-state index in [9.17, 15) is 14.7 Å². The molecule has 2 bridgehead atoms. The molecule has 3 aliphatic heterocycles. The summed E-state index contributed by atoms with van der Waals surface area (Å²) in [6.07, 6.45) is 2.02. The molecule has 6 heteroatoms. The van der Waals surface area contributed by atoms with Gasteiger partial charge in [0.2, 0.25) is 0 Å². The van der Waals surface area contributed by atoms with Crippen molar-refractivity contribution in [1.29, 1.82) is 0 Å². The van der Waals surface area contributed by atoms with Gasteiger partial charge in [0.1, 0.15) is 12.2 Å². The Morgan fingerprint density at radius 3 is 2.85 bits per heavy atom. The van der Waals surface area contributed by atoms with Crippen molar-refractivity contribution in [3.05, 3.63) is 35.5 Å². The third kappa shape index (κ3) is 3.12. The molecule has 0 radical (unpaired) electrons. The van der Waals surface area contributed by atoms with E-state index in [1.165, 1.54) is 0 Å². The Bertz CT molecular complexity index is 705. The van der Waals surface area contributed by atoms with Crippen LogP contribution < -0.4 is 0 Å². The normalized spacial score (nSPS) is 42.1. The van der Waals surface area contributed by atoms with Crippen molar-refractivity contribution >= 4 is 11.9 Å². The lowest BCUT2D eigenvalue weighted by molar-refractivity contribution is -0.154. The number of carbonyl (C=O) groups excluding carboxylic acids is 2. The van der Waals surface area contributed by atoms with Gasteiger partial charge in [-0.05, 0) is 39.3 Å². The Morgan fingerprint density at radius 1 is 1.50 bits per heavy atom. The van der Waals surface area contributed by atoms with Gasteiger partial charge < -0.3 is 19.3 Å². The van der Waals surface area contributed by atoms with Gasteiger partial charge in [-0.15, -0.1) is 0 Å². The van der Waals surface area contributed by atoms with Gasteiger partial charge in [0.25, 0.3) is 0 Å². The van der Waals surface area contributed by atoms with E-state index in [2.05, 4.69) is 6.58 Å². The molecule has 3 rings (SSSR count). The van der Waals surface area contributed by atoms with Crippen LogP contribution in [0, 0.1) is 5.92 Å². The SMILES string of the molecule is C=C1C(=O)O[C@H]2/C=C(/C)[C@@H]3C[C@H](O)[C@@](C)(C[C@@H](OC(=O)/C(C)=C\C)[C@@H]12)O3. The first-order valence-corrected chi connectivity index (χ1v) is 8.94. The van der Waals surface area contributed by atoms with Crippen molar-refractivity contribution in [2.75, 3.05) is 0 Å². The second kappa shape index (κ2) is 6.67. The maximum absolute atomic E-state index is 12.4. The molecular formula is C20H26O6. The van der Waals surface area contributed by atoms with Crippen LogP contribution in [-0.2, 0) is 23.8 Å². The summed E-state index contributed by atoms with van der Waals surface area (Å²) in [5.74, 6) is -1.44. The molecule has 0 aromatic carbocycles. The van der Waals surface area contributed by atoms with Crippen molar-refractivity contribution in [3.63, 3.8) is 0 Å². The van der Waals surface area contributed by atoms with E-state index in [1.807, 2.05) is 19.9 Å². The number of hydrogen-bond donors (Lipinski definition) is 1. The van der Waals surface area contributed by atoms with Crippen LogP contribution in [0.5, 0.6) is 0 Å². The van der Waals surface area contributed by atoms with Crippen LogP contribution in [0.4, 0.5) is 0 Å². The van der Waals surface area contributed by atoms with Crippen molar-refractivity contribution < 1.29 is 28.9 Å². The zero-order valence-corrected chi connectivity index (χ0v) is 15.7. The van der Waals surface area contributed by atoms with Crippen molar-refractivity contribution in [2.45, 2.75) is 70.6 Å². The molecule has 0 unspecified atom stereocenters. The quantitative estimate of drug-likeness (QED) is 0.461. The number of esters is 2. The minimum Gasteiger partial charge on any atom is -0.458 e. The lowest BCUT2D eigenvalue weighted by atomic mass is 9.81. The van der Waals surface area contributed by atoms with E-state index >= 15 is 0 Å². The number of carbonyl (C=O) groups is 2. The largest absolute Gasteiger partial charge is 0.458 e. The molecule has 0 aromatic heterocycles. The first-order chi connectivity index (χ1) is 12.2. The Kier molecular flexibility index (Phi) is 4.84. The number of rotatable bonds is 2. The summed E-state index contributed by atoms with van der Waals surface area (Å²) in [7, 11) is 0. The van der Waals surface area contributed by atoms with Crippen LogP contribution in [-0.4, -0.2) is 47.1 Å². The van der Waals surface area contributed by atoms with Crippen LogP contribution in [0.25, 0.3) is 0 Å². The smallest absolute Gasteiger partial charge is 0.334 e. The molecule has 0 spiro atoms. The monoisotopic (exact) mass is 362 g/mol. The molecule has 0 aromatic rings. The molecule has 0 saturated carbocycles. The van der Waals surface area contributed by atoms with Gasteiger partial charge in [0.15, 0.2) is 0 Å².